The summed E-state index contributed by atoms with van der Waals surface area (Å²) >= 11 is 4.59. The van der Waals surface area contributed by atoms with Crippen LogP contribution in [0, 0.1) is 13.8 Å². The molecule has 2 N–H and O–H groups in total. The van der Waals surface area contributed by atoms with Crippen molar-refractivity contribution in [3.63, 3.8) is 0 Å². The van der Waals surface area contributed by atoms with Gasteiger partial charge in [-0.05, 0) is 54.6 Å². The molecule has 0 saturated heterocycles. The quantitative estimate of drug-likeness (QED) is 0.548. The second kappa shape index (κ2) is 7.93. The molecule has 3 rings (SSSR count). The van der Waals surface area contributed by atoms with E-state index in [1.807, 2.05) is 37.3 Å². The minimum absolute atomic E-state index is 0.0773. The largest absolute Gasteiger partial charge is 0.276 e. The van der Waals surface area contributed by atoms with Crippen LogP contribution in [0.1, 0.15) is 20.8 Å². The van der Waals surface area contributed by atoms with Crippen LogP contribution in [0.15, 0.2) is 63.3 Å². The van der Waals surface area contributed by atoms with E-state index in [0.29, 0.717) is 4.88 Å². The fourth-order valence-electron chi connectivity index (χ4n) is 2.46. The number of amides is 1. The smallest absolute Gasteiger partial charge is 0.273 e. The Bertz CT molecular complexity index is 1090. The molecular weight excluding hydrogens is 448 g/mol. The summed E-state index contributed by atoms with van der Waals surface area (Å²) in [4.78, 5) is 15.2. The third-order valence-electron chi connectivity index (χ3n) is 3.97. The maximum atomic E-state index is 12.5. The van der Waals surface area contributed by atoms with Gasteiger partial charge in [-0.3, -0.25) is 10.2 Å². The van der Waals surface area contributed by atoms with Crippen LogP contribution in [0.25, 0.3) is 11.1 Å². The molecule has 0 radical (unpaired) electrons. The molecule has 5 nitrogen and oxygen atoms in total. The third-order valence-corrected chi connectivity index (χ3v) is 7.02. The van der Waals surface area contributed by atoms with Crippen molar-refractivity contribution in [1.82, 2.24) is 10.3 Å². The Balaban J connectivity index is 1.77. The van der Waals surface area contributed by atoms with Gasteiger partial charge in [-0.15, -0.1) is 16.2 Å². The van der Waals surface area contributed by atoms with Crippen molar-refractivity contribution in [1.29, 1.82) is 0 Å². The Morgan fingerprint density at radius 2 is 1.74 bits per heavy atom. The first-order valence-electron chi connectivity index (χ1n) is 8.01. The molecule has 1 amide bonds. The zero-order valence-electron chi connectivity index (χ0n) is 14.6. The van der Waals surface area contributed by atoms with Crippen molar-refractivity contribution < 1.29 is 13.2 Å². The minimum atomic E-state index is -3.87. The average molecular weight is 465 g/mol. The zero-order chi connectivity index (χ0) is 19.6. The topological polar surface area (TPSA) is 75.3 Å². The van der Waals surface area contributed by atoms with Gasteiger partial charge in [-0.25, -0.2) is 8.42 Å². The number of carbonyl (C=O) groups is 1. The summed E-state index contributed by atoms with van der Waals surface area (Å²) in [6, 6.07) is 14.3. The number of rotatable bonds is 5. The molecule has 0 saturated carbocycles. The lowest BCUT2D eigenvalue weighted by Crippen LogP contribution is -2.41. The van der Waals surface area contributed by atoms with Crippen LogP contribution >= 0.6 is 27.3 Å². The van der Waals surface area contributed by atoms with E-state index in [1.165, 1.54) is 23.5 Å². The number of carbonyl (C=O) groups excluding carboxylic acids is 1. The molecule has 140 valence electrons. The maximum Gasteiger partial charge on any atom is 0.276 e. The first-order chi connectivity index (χ1) is 12.8. The number of hydrazine groups is 1. The third kappa shape index (κ3) is 4.47. The molecule has 0 aliphatic rings. The maximum absolute atomic E-state index is 12.5. The summed E-state index contributed by atoms with van der Waals surface area (Å²) in [5.41, 5.74) is 5.87. The van der Waals surface area contributed by atoms with E-state index in [1.54, 1.807) is 18.4 Å². The number of benzene rings is 2. The van der Waals surface area contributed by atoms with Gasteiger partial charge in [0.1, 0.15) is 4.88 Å². The number of hydrogen-bond donors (Lipinski definition) is 2. The van der Waals surface area contributed by atoms with Crippen molar-refractivity contribution in [2.75, 3.05) is 0 Å². The van der Waals surface area contributed by atoms with E-state index >= 15 is 0 Å². The van der Waals surface area contributed by atoms with E-state index < -0.39 is 15.9 Å². The number of aryl methyl sites for hydroxylation is 2. The Morgan fingerprint density at radius 3 is 2.41 bits per heavy atom. The molecule has 0 spiro atoms. The lowest BCUT2D eigenvalue weighted by atomic mass is 10.1. The molecule has 1 heterocycles. The number of nitrogens with one attached hydrogen (secondary N) is 2. The molecule has 0 fully saturated rings. The summed E-state index contributed by atoms with van der Waals surface area (Å²) < 4.78 is 25.7. The highest BCUT2D eigenvalue weighted by molar-refractivity contribution is 9.10. The Kier molecular flexibility index (Phi) is 5.81. The van der Waals surface area contributed by atoms with Gasteiger partial charge in [0.25, 0.3) is 15.9 Å². The van der Waals surface area contributed by atoms with Gasteiger partial charge in [0.05, 0.1) is 4.90 Å². The van der Waals surface area contributed by atoms with Gasteiger partial charge >= 0.3 is 0 Å². The fraction of sp³-hybridized carbons (Fsp3) is 0.105. The highest BCUT2D eigenvalue weighted by Crippen LogP contribution is 2.28. The molecule has 0 bridgehead atoms. The minimum Gasteiger partial charge on any atom is -0.273 e. The van der Waals surface area contributed by atoms with Gasteiger partial charge in [-0.1, -0.05) is 45.8 Å². The molecule has 0 aliphatic carbocycles. The molecule has 2 aromatic carbocycles. The van der Waals surface area contributed by atoms with Crippen LogP contribution in [0.4, 0.5) is 0 Å². The van der Waals surface area contributed by atoms with E-state index in [4.69, 9.17) is 0 Å². The van der Waals surface area contributed by atoms with Crippen molar-refractivity contribution in [2.24, 2.45) is 0 Å². The number of hydrogen-bond acceptors (Lipinski definition) is 4. The molecule has 1 aromatic heterocycles. The Hall–Kier alpha value is -2.00. The summed E-state index contributed by atoms with van der Waals surface area (Å²) in [7, 11) is -3.87. The second-order valence-corrected chi connectivity index (χ2v) is 9.45. The zero-order valence-corrected chi connectivity index (χ0v) is 17.8. The van der Waals surface area contributed by atoms with Gasteiger partial charge in [0.15, 0.2) is 0 Å². The van der Waals surface area contributed by atoms with E-state index in [0.717, 1.165) is 26.7 Å². The van der Waals surface area contributed by atoms with Crippen molar-refractivity contribution in [3.05, 3.63) is 74.4 Å². The van der Waals surface area contributed by atoms with Crippen LogP contribution in [0.3, 0.4) is 0 Å². The molecule has 8 heteroatoms. The lowest BCUT2D eigenvalue weighted by molar-refractivity contribution is 0.0950. The molecule has 3 aromatic rings. The molecule has 0 aliphatic heterocycles. The van der Waals surface area contributed by atoms with Crippen molar-refractivity contribution >= 4 is 43.2 Å². The number of thiophene rings is 1. The van der Waals surface area contributed by atoms with E-state index in [-0.39, 0.29) is 4.90 Å². The van der Waals surface area contributed by atoms with Gasteiger partial charge in [0, 0.05) is 10.0 Å². The Morgan fingerprint density at radius 1 is 1.04 bits per heavy atom. The monoisotopic (exact) mass is 464 g/mol. The van der Waals surface area contributed by atoms with Gasteiger partial charge < -0.3 is 0 Å². The van der Waals surface area contributed by atoms with Crippen LogP contribution in [0.2, 0.25) is 0 Å². The predicted molar refractivity (Wildman–Crippen MR) is 111 cm³/mol. The van der Waals surface area contributed by atoms with Crippen LogP contribution in [-0.2, 0) is 10.0 Å². The first-order valence-corrected chi connectivity index (χ1v) is 11.2. The molecular formula is C19H17BrN2O3S2. The summed E-state index contributed by atoms with van der Waals surface area (Å²) in [5, 5.41) is 1.80. The summed E-state index contributed by atoms with van der Waals surface area (Å²) in [5.74, 6) is -0.502. The first kappa shape index (κ1) is 19.8. The normalized spacial score (nSPS) is 11.4. The van der Waals surface area contributed by atoms with E-state index in [9.17, 15) is 13.2 Å². The van der Waals surface area contributed by atoms with Crippen LogP contribution in [0.5, 0.6) is 0 Å². The van der Waals surface area contributed by atoms with Crippen LogP contribution in [-0.4, -0.2) is 14.3 Å². The second-order valence-electron chi connectivity index (χ2n) is 6.00. The highest BCUT2D eigenvalue weighted by Gasteiger charge is 2.19. The summed E-state index contributed by atoms with van der Waals surface area (Å²) in [6.07, 6.45) is 0. The SMILES string of the molecule is Cc1ccc(-c2ccsc2C(=O)NNS(=O)(=O)c2ccc(Br)c(C)c2)cc1. The van der Waals surface area contributed by atoms with Crippen molar-refractivity contribution in [3.8, 4) is 11.1 Å². The number of halogens is 1. The highest BCUT2D eigenvalue weighted by atomic mass is 79.9. The standard InChI is InChI=1S/C19H17BrN2O3S2/c1-12-3-5-14(6-4-12)16-9-10-26-18(16)19(23)21-22-27(24,25)15-7-8-17(20)13(2)11-15/h3-11,22H,1-2H3,(H,21,23). The van der Waals surface area contributed by atoms with Gasteiger partial charge in [0.2, 0.25) is 0 Å². The summed E-state index contributed by atoms with van der Waals surface area (Å²) in [6.45, 7) is 3.78. The predicted octanol–water partition coefficient (Wildman–Crippen LogP) is 4.42. The molecule has 27 heavy (non-hydrogen) atoms. The van der Waals surface area contributed by atoms with Crippen LogP contribution < -0.4 is 10.3 Å². The van der Waals surface area contributed by atoms with E-state index in [2.05, 4.69) is 26.2 Å². The Labute approximate surface area is 170 Å². The number of sulfonamides is 1. The molecule has 0 atom stereocenters. The fourth-order valence-corrected chi connectivity index (χ4v) is 4.44. The molecule has 0 unspecified atom stereocenters. The lowest BCUT2D eigenvalue weighted by Gasteiger charge is -2.10. The average Bonchev–Trinajstić information content (AvgIpc) is 3.12. The van der Waals surface area contributed by atoms with Gasteiger partial charge in [-0.2, -0.15) is 0 Å². The van der Waals surface area contributed by atoms with Crippen molar-refractivity contribution in [2.45, 2.75) is 18.7 Å².